The highest BCUT2D eigenvalue weighted by Gasteiger charge is 2.22. The molecule has 2 aromatic rings. The van der Waals surface area contributed by atoms with E-state index in [0.29, 0.717) is 0 Å². The third kappa shape index (κ3) is 3.12. The fraction of sp³-hybridized carbons (Fsp3) is 0.333. The molecule has 2 aromatic carbocycles. The molecule has 3 rings (SSSR count). The van der Waals surface area contributed by atoms with Crippen LogP contribution in [0.25, 0.3) is 0 Å². The molecule has 1 aliphatic rings. The van der Waals surface area contributed by atoms with Crippen molar-refractivity contribution >= 4 is 27.5 Å². The fourth-order valence-electron chi connectivity index (χ4n) is 2.78. The summed E-state index contributed by atoms with van der Waals surface area (Å²) in [6, 6.07) is 10.8. The number of ether oxygens (including phenoxy) is 1. The largest absolute Gasteiger partial charge is 0.493 e. The molecule has 110 valence electrons. The zero-order valence-electron chi connectivity index (χ0n) is 12.2. The molecule has 0 bridgehead atoms. The Morgan fingerprint density at radius 3 is 2.76 bits per heavy atom. The summed E-state index contributed by atoms with van der Waals surface area (Å²) in [6.07, 6.45) is 1.78. The summed E-state index contributed by atoms with van der Waals surface area (Å²) in [5.41, 5.74) is 6.25. The van der Waals surface area contributed by atoms with Gasteiger partial charge in [0.05, 0.1) is 12.0 Å². The highest BCUT2D eigenvalue weighted by atomic mass is 79.9. The molecule has 0 saturated carbocycles. The predicted octanol–water partition coefficient (Wildman–Crippen LogP) is 5.52. The molecular formula is C18H18BrClO. The van der Waals surface area contributed by atoms with E-state index in [1.807, 2.05) is 0 Å². The Bertz CT molecular complexity index is 681. The number of benzene rings is 2. The highest BCUT2D eigenvalue weighted by molar-refractivity contribution is 9.10. The minimum absolute atomic E-state index is 0.0727. The van der Waals surface area contributed by atoms with Gasteiger partial charge < -0.3 is 4.74 Å². The van der Waals surface area contributed by atoms with Gasteiger partial charge in [-0.25, -0.2) is 0 Å². The van der Waals surface area contributed by atoms with Crippen LogP contribution in [0.4, 0.5) is 0 Å². The van der Waals surface area contributed by atoms with Crippen molar-refractivity contribution in [1.82, 2.24) is 0 Å². The van der Waals surface area contributed by atoms with Crippen LogP contribution >= 0.6 is 27.5 Å². The molecule has 1 heterocycles. The maximum absolute atomic E-state index is 6.69. The van der Waals surface area contributed by atoms with Crippen molar-refractivity contribution in [1.29, 1.82) is 0 Å². The van der Waals surface area contributed by atoms with E-state index in [4.69, 9.17) is 16.3 Å². The molecule has 0 fully saturated rings. The molecule has 1 unspecified atom stereocenters. The SMILES string of the molecule is Cc1ccc(CC(Cl)c2cc(Br)cc3c2OCC3)cc1C. The molecule has 1 aliphatic heterocycles. The van der Waals surface area contributed by atoms with Gasteiger partial charge in [0.2, 0.25) is 0 Å². The van der Waals surface area contributed by atoms with Gasteiger partial charge in [0.25, 0.3) is 0 Å². The number of aryl methyl sites for hydroxylation is 2. The fourth-order valence-corrected chi connectivity index (χ4v) is 3.64. The minimum atomic E-state index is -0.0727. The third-order valence-electron chi connectivity index (χ3n) is 4.10. The van der Waals surface area contributed by atoms with Crippen LogP contribution in [0.5, 0.6) is 5.75 Å². The molecule has 21 heavy (non-hydrogen) atoms. The Labute approximate surface area is 139 Å². The van der Waals surface area contributed by atoms with Gasteiger partial charge in [-0.05, 0) is 54.7 Å². The lowest BCUT2D eigenvalue weighted by atomic mass is 9.98. The van der Waals surface area contributed by atoms with E-state index >= 15 is 0 Å². The zero-order chi connectivity index (χ0) is 15.0. The number of fused-ring (bicyclic) bond motifs is 1. The van der Waals surface area contributed by atoms with Crippen molar-refractivity contribution in [2.45, 2.75) is 32.1 Å². The highest BCUT2D eigenvalue weighted by Crippen LogP contribution is 2.40. The molecule has 0 spiro atoms. The summed E-state index contributed by atoms with van der Waals surface area (Å²) in [6.45, 7) is 5.03. The van der Waals surface area contributed by atoms with Crippen molar-refractivity contribution in [2.24, 2.45) is 0 Å². The van der Waals surface area contributed by atoms with E-state index in [0.717, 1.165) is 35.2 Å². The van der Waals surface area contributed by atoms with Crippen LogP contribution in [0.1, 0.15) is 33.2 Å². The van der Waals surface area contributed by atoms with E-state index in [9.17, 15) is 0 Å². The molecule has 0 aromatic heterocycles. The Balaban J connectivity index is 1.89. The smallest absolute Gasteiger partial charge is 0.127 e. The second kappa shape index (κ2) is 6.02. The Kier molecular flexibility index (Phi) is 4.28. The van der Waals surface area contributed by atoms with Gasteiger partial charge in [-0.1, -0.05) is 34.1 Å². The van der Waals surface area contributed by atoms with Crippen LogP contribution < -0.4 is 4.74 Å². The van der Waals surface area contributed by atoms with Crippen LogP contribution in [0.2, 0.25) is 0 Å². The van der Waals surface area contributed by atoms with Crippen LogP contribution in [0.3, 0.4) is 0 Å². The molecule has 0 saturated heterocycles. The molecule has 0 aliphatic carbocycles. The zero-order valence-corrected chi connectivity index (χ0v) is 14.6. The predicted molar refractivity (Wildman–Crippen MR) is 91.6 cm³/mol. The first-order valence-electron chi connectivity index (χ1n) is 7.20. The Hall–Kier alpha value is -0.990. The summed E-state index contributed by atoms with van der Waals surface area (Å²) in [4.78, 5) is 0. The topological polar surface area (TPSA) is 9.23 Å². The van der Waals surface area contributed by atoms with Crippen LogP contribution in [-0.4, -0.2) is 6.61 Å². The molecular weight excluding hydrogens is 348 g/mol. The van der Waals surface area contributed by atoms with Gasteiger partial charge in [-0.3, -0.25) is 0 Å². The summed E-state index contributed by atoms with van der Waals surface area (Å²) in [7, 11) is 0. The van der Waals surface area contributed by atoms with Gasteiger partial charge in [0.1, 0.15) is 5.75 Å². The van der Waals surface area contributed by atoms with Gasteiger partial charge >= 0.3 is 0 Å². The summed E-state index contributed by atoms with van der Waals surface area (Å²) in [5.74, 6) is 0.988. The van der Waals surface area contributed by atoms with Crippen LogP contribution in [0, 0.1) is 13.8 Å². The first kappa shape index (κ1) is 14.9. The van der Waals surface area contributed by atoms with E-state index in [1.165, 1.54) is 22.3 Å². The van der Waals surface area contributed by atoms with E-state index < -0.39 is 0 Å². The molecule has 1 atom stereocenters. The monoisotopic (exact) mass is 364 g/mol. The number of rotatable bonds is 3. The van der Waals surface area contributed by atoms with Gasteiger partial charge in [-0.15, -0.1) is 11.6 Å². The van der Waals surface area contributed by atoms with Crippen LogP contribution in [-0.2, 0) is 12.8 Å². The first-order valence-corrected chi connectivity index (χ1v) is 8.43. The molecule has 1 nitrogen and oxygen atoms in total. The van der Waals surface area contributed by atoms with Crippen molar-refractivity contribution in [3.05, 3.63) is 62.6 Å². The molecule has 0 radical (unpaired) electrons. The number of halogens is 2. The second-order valence-corrected chi connectivity index (χ2v) is 7.11. The van der Waals surface area contributed by atoms with E-state index in [-0.39, 0.29) is 5.38 Å². The third-order valence-corrected chi connectivity index (χ3v) is 4.95. The van der Waals surface area contributed by atoms with Crippen molar-refractivity contribution in [3.8, 4) is 5.75 Å². The second-order valence-electron chi connectivity index (χ2n) is 5.67. The maximum Gasteiger partial charge on any atom is 0.127 e. The molecule has 0 N–H and O–H groups in total. The van der Waals surface area contributed by atoms with Crippen molar-refractivity contribution in [2.75, 3.05) is 6.61 Å². The lowest BCUT2D eigenvalue weighted by molar-refractivity contribution is 0.353. The average Bonchev–Trinajstić information content (AvgIpc) is 2.90. The minimum Gasteiger partial charge on any atom is -0.493 e. The summed E-state index contributed by atoms with van der Waals surface area (Å²) in [5, 5.41) is -0.0727. The number of hydrogen-bond acceptors (Lipinski definition) is 1. The average molecular weight is 366 g/mol. The van der Waals surface area contributed by atoms with Crippen molar-refractivity contribution in [3.63, 3.8) is 0 Å². The van der Waals surface area contributed by atoms with Crippen LogP contribution in [0.15, 0.2) is 34.8 Å². The quantitative estimate of drug-likeness (QED) is 0.650. The maximum atomic E-state index is 6.69. The van der Waals surface area contributed by atoms with Gasteiger partial charge in [0.15, 0.2) is 0 Å². The van der Waals surface area contributed by atoms with Gasteiger partial charge in [0, 0.05) is 16.5 Å². The Morgan fingerprint density at radius 1 is 1.19 bits per heavy atom. The normalized spacial score (nSPS) is 14.7. The Morgan fingerprint density at radius 2 is 2.00 bits per heavy atom. The van der Waals surface area contributed by atoms with E-state index in [2.05, 4.69) is 60.1 Å². The summed E-state index contributed by atoms with van der Waals surface area (Å²) < 4.78 is 6.86. The van der Waals surface area contributed by atoms with Gasteiger partial charge in [-0.2, -0.15) is 0 Å². The lowest BCUT2D eigenvalue weighted by Gasteiger charge is -2.15. The van der Waals surface area contributed by atoms with Crippen molar-refractivity contribution < 1.29 is 4.74 Å². The summed E-state index contributed by atoms with van der Waals surface area (Å²) >= 11 is 10.3. The molecule has 0 amide bonds. The standard InChI is InChI=1S/C18H18BrClO/c1-11-3-4-13(7-12(11)2)8-17(20)16-10-15(19)9-14-5-6-21-18(14)16/h3-4,7,9-10,17H,5-6,8H2,1-2H3. The number of alkyl halides is 1. The molecule has 3 heteroatoms. The first-order chi connectivity index (χ1) is 10.0. The number of hydrogen-bond donors (Lipinski definition) is 0. The lowest BCUT2D eigenvalue weighted by Crippen LogP contribution is -2.00. The van der Waals surface area contributed by atoms with E-state index in [1.54, 1.807) is 0 Å².